The lowest BCUT2D eigenvalue weighted by molar-refractivity contribution is 0.375. The Morgan fingerprint density at radius 3 is 0.539 bits per heavy atom. The maximum atomic E-state index is 15.9. The predicted molar refractivity (Wildman–Crippen MR) is 295 cm³/mol. The lowest BCUT2D eigenvalue weighted by atomic mass is 9.81. The largest absolute Gasteiger partial charge is 0.462 e. The van der Waals surface area contributed by atoms with Gasteiger partial charge in [-0.15, -0.1) is 0 Å². The Kier molecular flexibility index (Phi) is 11.1. The topological polar surface area (TPSA) is 142 Å². The van der Waals surface area contributed by atoms with E-state index in [4.69, 9.17) is 36.2 Å². The molecule has 0 amide bonds. The quantitative estimate of drug-likeness (QED) is 0.155. The highest BCUT2D eigenvalue weighted by atomic mass is 31.2. The Bertz CT molecular complexity index is 3320. The van der Waals surface area contributed by atoms with Gasteiger partial charge in [0, 0.05) is 92.4 Å². The zero-order valence-corrected chi connectivity index (χ0v) is 46.4. The minimum atomic E-state index is -4.40. The number of rotatable bonds is 4. The van der Waals surface area contributed by atoms with Gasteiger partial charge in [0.25, 0.3) is 0 Å². The van der Waals surface area contributed by atoms with E-state index >= 15 is 18.3 Å². The smallest absolute Gasteiger partial charge is 0.412 e. The van der Waals surface area contributed by atoms with Crippen molar-refractivity contribution in [3.8, 4) is 46.0 Å². The summed E-state index contributed by atoms with van der Waals surface area (Å²) >= 11 is 0. The summed E-state index contributed by atoms with van der Waals surface area (Å²) in [6, 6.07) is 42.9. The molecule has 0 aromatic heterocycles. The molecule has 0 saturated heterocycles. The van der Waals surface area contributed by atoms with Gasteiger partial charge in [-0.05, 0) is 100 Å². The Morgan fingerprint density at radius 1 is 0.250 bits per heavy atom. The molecule has 0 atom stereocenters. The molecule has 384 valence electrons. The van der Waals surface area contributed by atoms with Crippen molar-refractivity contribution in [3.05, 3.63) is 212 Å². The van der Waals surface area contributed by atoms with Crippen LogP contribution in [0.5, 0.6) is 46.0 Å². The average Bonchev–Trinajstić information content (AvgIpc) is 3.39. The number of hydrogen-bond donors (Lipinski definition) is 0. The number of hydrogen-bond acceptors (Lipinski definition) is 12. The summed E-state index contributed by atoms with van der Waals surface area (Å²) in [5.41, 5.74) is 8.88. The van der Waals surface area contributed by atoms with Crippen LogP contribution in [0, 0.1) is 27.7 Å². The van der Waals surface area contributed by atoms with E-state index in [-0.39, 0.29) is 67.2 Å². The van der Waals surface area contributed by atoms with Crippen LogP contribution in [0.25, 0.3) is 0 Å². The van der Waals surface area contributed by atoms with Crippen LogP contribution in [0.15, 0.2) is 146 Å². The molecule has 4 aliphatic heterocycles. The maximum Gasteiger partial charge on any atom is 0.462 e. The van der Waals surface area contributed by atoms with Gasteiger partial charge in [0.1, 0.15) is 46.0 Å². The van der Waals surface area contributed by atoms with Gasteiger partial charge in [-0.3, -0.25) is 0 Å². The van der Waals surface area contributed by atoms with Gasteiger partial charge >= 0.3 is 30.4 Å². The summed E-state index contributed by atoms with van der Waals surface area (Å²) in [6.07, 6.45) is 0. The monoisotopic (exact) mass is 1090 g/mol. The summed E-state index contributed by atoms with van der Waals surface area (Å²) in [4.78, 5) is 0. The Labute approximate surface area is 441 Å². The van der Waals surface area contributed by atoms with Crippen molar-refractivity contribution in [3.63, 3.8) is 0 Å². The third-order valence-electron chi connectivity index (χ3n) is 15.4. The van der Waals surface area contributed by atoms with Gasteiger partial charge in [0.15, 0.2) is 0 Å². The summed E-state index contributed by atoms with van der Waals surface area (Å²) in [7, 11) is -17.6. The van der Waals surface area contributed by atoms with E-state index in [1.165, 1.54) is 0 Å². The highest BCUT2D eigenvalue weighted by Crippen LogP contribution is 2.64. The van der Waals surface area contributed by atoms with Gasteiger partial charge in [-0.25, -0.2) is 18.3 Å². The molecule has 4 heterocycles. The Morgan fingerprint density at radius 2 is 0.395 bits per heavy atom. The molecule has 0 radical (unpaired) electrons. The van der Waals surface area contributed by atoms with Crippen molar-refractivity contribution in [2.45, 2.75) is 79.1 Å². The normalized spacial score (nSPS) is 26.1. The first-order chi connectivity index (χ1) is 36.3. The molecule has 12 nitrogen and oxygen atoms in total. The van der Waals surface area contributed by atoms with E-state index in [0.717, 1.165) is 22.3 Å². The molecule has 0 unspecified atom stereocenters. The fraction of sp³-hybridized carbons (Fsp3) is 0.200. The second-order valence-corrected chi connectivity index (χ2v) is 28.2. The first-order valence-corrected chi connectivity index (χ1v) is 31.4. The third-order valence-corrected chi connectivity index (χ3v) is 22.7. The Balaban J connectivity index is 1.16. The molecular formula is C60H52O12P4. The van der Waals surface area contributed by atoms with Crippen LogP contribution < -0.4 is 57.4 Å². The zero-order chi connectivity index (χ0) is 52.8. The van der Waals surface area contributed by atoms with Crippen LogP contribution in [0.2, 0.25) is 0 Å². The van der Waals surface area contributed by atoms with Crippen molar-refractivity contribution < 1.29 is 54.5 Å². The van der Waals surface area contributed by atoms with E-state index < -0.39 is 54.1 Å². The summed E-state index contributed by atoms with van der Waals surface area (Å²) in [6.45, 7) is 15.8. The van der Waals surface area contributed by atoms with Gasteiger partial charge in [-0.1, -0.05) is 98.5 Å². The van der Waals surface area contributed by atoms with Gasteiger partial charge in [0.05, 0.1) is 21.2 Å². The van der Waals surface area contributed by atoms with E-state index in [9.17, 15) is 0 Å². The summed E-state index contributed by atoms with van der Waals surface area (Å²) in [5.74, 6) is -0.572. The molecule has 76 heavy (non-hydrogen) atoms. The van der Waals surface area contributed by atoms with Gasteiger partial charge in [0.2, 0.25) is 0 Å². The highest BCUT2D eigenvalue weighted by Gasteiger charge is 2.46. The van der Waals surface area contributed by atoms with Crippen LogP contribution in [0.3, 0.4) is 0 Å². The van der Waals surface area contributed by atoms with Crippen molar-refractivity contribution in [2.75, 3.05) is 0 Å². The van der Waals surface area contributed by atoms with E-state index in [1.807, 2.05) is 128 Å². The minimum Gasteiger partial charge on any atom is -0.412 e. The molecule has 0 N–H and O–H groups in total. The second-order valence-electron chi connectivity index (χ2n) is 20.7. The summed E-state index contributed by atoms with van der Waals surface area (Å²) in [5, 5.41) is 1.10. The van der Waals surface area contributed by atoms with Crippen molar-refractivity contribution in [2.24, 2.45) is 0 Å². The molecule has 1 aliphatic carbocycles. The molecule has 8 bridgehead atoms. The van der Waals surface area contributed by atoms with Crippen molar-refractivity contribution in [1.82, 2.24) is 0 Å². The molecular weight excluding hydrogens is 1040 g/mol. The zero-order valence-electron chi connectivity index (χ0n) is 42.9. The maximum absolute atomic E-state index is 15.9. The standard InChI is InChI=1S/C60H52O12P4/c1-33-9-17-41(18-10-33)73(61)65-53-29-55-47-25-45(53)37(5)46-26-48-39(7)50-28-52-40(8)51-27-49(38(47)6)57(69-74(62,67-55)42-19-11-34(2)12-20-42)31-59(51)71-76(64,44-23-15-36(4)16-24-44)72-60(52)32-58(50)70-75(63,43-21-13-35(3)14-22-43)68-56(48)30-54(46)66-73/h9-32,37-40H,1-8H3. The average molecular weight is 1090 g/mol. The molecule has 5 aliphatic rings. The fourth-order valence-electron chi connectivity index (χ4n) is 10.8. The summed E-state index contributed by atoms with van der Waals surface area (Å²) < 4.78 is 118. The van der Waals surface area contributed by atoms with Gasteiger partial charge < -0.3 is 36.2 Å². The SMILES string of the molecule is Cc1ccc(P2(=O)Oc3cc4c5cc3C(C)c3cc6c(cc3O2)OP(=O)(c2ccc(C)cc2)Oc2cc3c(cc2C6C)C(C)c2cc(c(cc2OP(=O)(c2ccc(C)cc2)O3)OP(=O)(c2ccc(C)cc2)O4)C5C)cc1. The van der Waals surface area contributed by atoms with Crippen molar-refractivity contribution >= 4 is 51.6 Å². The minimum absolute atomic E-state index is 0.188. The van der Waals surface area contributed by atoms with E-state index in [2.05, 4.69) is 0 Å². The first-order valence-electron chi connectivity index (χ1n) is 25.2. The highest BCUT2D eigenvalue weighted by molar-refractivity contribution is 7.64. The van der Waals surface area contributed by atoms with Crippen LogP contribution in [-0.4, -0.2) is 0 Å². The van der Waals surface area contributed by atoms with Crippen LogP contribution in [-0.2, 0) is 18.3 Å². The molecule has 0 spiro atoms. The molecule has 8 aromatic carbocycles. The molecule has 0 saturated carbocycles. The second kappa shape index (κ2) is 17.3. The molecule has 8 aromatic rings. The lowest BCUT2D eigenvalue weighted by Gasteiger charge is -2.36. The third kappa shape index (κ3) is 7.86. The molecule has 0 fully saturated rings. The van der Waals surface area contributed by atoms with E-state index in [1.54, 1.807) is 72.8 Å². The van der Waals surface area contributed by atoms with Crippen LogP contribution >= 0.6 is 30.4 Å². The first kappa shape index (κ1) is 48.7. The number of aryl methyl sites for hydroxylation is 4. The van der Waals surface area contributed by atoms with Gasteiger partial charge in [-0.2, -0.15) is 0 Å². The number of benzene rings is 8. The lowest BCUT2D eigenvalue weighted by Crippen LogP contribution is -2.23. The van der Waals surface area contributed by atoms with Crippen LogP contribution in [0.1, 0.15) is 118 Å². The molecule has 13 rings (SSSR count). The Hall–Kier alpha value is -6.92. The van der Waals surface area contributed by atoms with E-state index in [0.29, 0.717) is 44.5 Å². The fourth-order valence-corrected chi connectivity index (χ4v) is 17.2. The van der Waals surface area contributed by atoms with Crippen LogP contribution in [0.4, 0.5) is 0 Å². The molecule has 16 heteroatoms. The predicted octanol–water partition coefficient (Wildman–Crippen LogP) is 15.0. The van der Waals surface area contributed by atoms with Crippen molar-refractivity contribution in [1.29, 1.82) is 0 Å².